The summed E-state index contributed by atoms with van der Waals surface area (Å²) in [6, 6.07) is 5.71. The Morgan fingerprint density at radius 2 is 2.20 bits per heavy atom. The van der Waals surface area contributed by atoms with Gasteiger partial charge in [0, 0.05) is 14.0 Å². The molecule has 78 valence electrons. The van der Waals surface area contributed by atoms with Crippen LogP contribution in [0, 0.1) is 6.92 Å². The van der Waals surface area contributed by atoms with Gasteiger partial charge in [-0.25, -0.2) is 4.98 Å². The number of aryl methyl sites for hydroxylation is 2. The van der Waals surface area contributed by atoms with Crippen LogP contribution in [0.15, 0.2) is 18.2 Å². The maximum absolute atomic E-state index is 11.0. The first-order valence-electron chi connectivity index (χ1n) is 4.79. The van der Waals surface area contributed by atoms with Gasteiger partial charge in [0.2, 0.25) is 5.91 Å². The van der Waals surface area contributed by atoms with Gasteiger partial charge in [-0.2, -0.15) is 0 Å². The zero-order valence-corrected chi connectivity index (χ0v) is 9.03. The van der Waals surface area contributed by atoms with Crippen LogP contribution in [-0.2, 0) is 11.8 Å². The van der Waals surface area contributed by atoms with Crippen molar-refractivity contribution in [2.45, 2.75) is 13.8 Å². The molecule has 0 aliphatic rings. The molecule has 4 heteroatoms. The molecule has 1 heterocycles. The normalized spacial score (nSPS) is 10.6. The first kappa shape index (κ1) is 9.71. The molecule has 1 aromatic heterocycles. The molecule has 2 rings (SSSR count). The van der Waals surface area contributed by atoms with E-state index in [4.69, 9.17) is 0 Å². The van der Waals surface area contributed by atoms with Gasteiger partial charge in [-0.15, -0.1) is 0 Å². The third kappa shape index (κ3) is 1.58. The Labute approximate surface area is 87.9 Å². The van der Waals surface area contributed by atoms with E-state index in [9.17, 15) is 4.79 Å². The summed E-state index contributed by atoms with van der Waals surface area (Å²) >= 11 is 0. The molecule has 4 nitrogen and oxygen atoms in total. The third-order valence-electron chi connectivity index (χ3n) is 2.43. The monoisotopic (exact) mass is 203 g/mol. The number of benzene rings is 1. The quantitative estimate of drug-likeness (QED) is 0.768. The number of carbonyl (C=O) groups excluding carboxylic acids is 1. The highest BCUT2D eigenvalue weighted by Gasteiger charge is 2.08. The summed E-state index contributed by atoms with van der Waals surface area (Å²) in [5.41, 5.74) is 2.68. The fourth-order valence-corrected chi connectivity index (χ4v) is 1.68. The molecule has 0 aliphatic heterocycles. The predicted octanol–water partition coefficient (Wildman–Crippen LogP) is 1.84. The van der Waals surface area contributed by atoms with Gasteiger partial charge < -0.3 is 9.88 Å². The minimum Gasteiger partial charge on any atom is -0.330 e. The molecule has 1 aromatic carbocycles. The molecule has 2 aromatic rings. The number of nitrogens with one attached hydrogen (secondary N) is 1. The average molecular weight is 203 g/mol. The second kappa shape index (κ2) is 3.38. The van der Waals surface area contributed by atoms with Gasteiger partial charge in [0.15, 0.2) is 0 Å². The molecule has 0 bridgehead atoms. The summed E-state index contributed by atoms with van der Waals surface area (Å²) < 4.78 is 1.97. The third-order valence-corrected chi connectivity index (χ3v) is 2.43. The molecular formula is C11H13N3O. The molecule has 0 spiro atoms. The smallest absolute Gasteiger partial charge is 0.221 e. The number of amides is 1. The standard InChI is InChI=1S/C11H13N3O/c1-7-12-9-5-4-6-10(13-8(2)15)11(9)14(7)3/h4-6H,1-3H3,(H,13,15). The zero-order valence-electron chi connectivity index (χ0n) is 9.03. The summed E-state index contributed by atoms with van der Waals surface area (Å²) in [5, 5.41) is 2.80. The lowest BCUT2D eigenvalue weighted by atomic mass is 10.2. The van der Waals surface area contributed by atoms with E-state index in [1.165, 1.54) is 6.92 Å². The number of hydrogen-bond acceptors (Lipinski definition) is 2. The highest BCUT2D eigenvalue weighted by molar-refractivity contribution is 5.98. The zero-order chi connectivity index (χ0) is 11.0. The van der Waals surface area contributed by atoms with Crippen LogP contribution in [0.2, 0.25) is 0 Å². The summed E-state index contributed by atoms with van der Waals surface area (Å²) in [6.45, 7) is 3.44. The van der Waals surface area contributed by atoms with Crippen LogP contribution in [-0.4, -0.2) is 15.5 Å². The van der Waals surface area contributed by atoms with Gasteiger partial charge >= 0.3 is 0 Å². The first-order chi connectivity index (χ1) is 7.09. The van der Waals surface area contributed by atoms with Crippen molar-refractivity contribution in [1.29, 1.82) is 0 Å². The van der Waals surface area contributed by atoms with Gasteiger partial charge in [0.25, 0.3) is 0 Å². The minimum atomic E-state index is -0.0682. The largest absolute Gasteiger partial charge is 0.330 e. The van der Waals surface area contributed by atoms with E-state index in [0.717, 1.165) is 22.5 Å². The Hall–Kier alpha value is -1.84. The molecule has 15 heavy (non-hydrogen) atoms. The molecule has 0 fully saturated rings. The van der Waals surface area contributed by atoms with Crippen LogP contribution < -0.4 is 5.32 Å². The Balaban J connectivity index is 2.68. The second-order valence-electron chi connectivity index (χ2n) is 3.57. The summed E-state index contributed by atoms with van der Waals surface area (Å²) in [7, 11) is 1.94. The molecule has 0 unspecified atom stereocenters. The van der Waals surface area contributed by atoms with Gasteiger partial charge in [0.05, 0.1) is 16.7 Å². The van der Waals surface area contributed by atoms with Gasteiger partial charge in [-0.05, 0) is 19.1 Å². The topological polar surface area (TPSA) is 46.9 Å². The van der Waals surface area contributed by atoms with E-state index < -0.39 is 0 Å². The Bertz CT molecular complexity index is 528. The van der Waals surface area contributed by atoms with Crippen LogP contribution in [0.5, 0.6) is 0 Å². The van der Waals surface area contributed by atoms with Crippen molar-refractivity contribution in [2.24, 2.45) is 7.05 Å². The van der Waals surface area contributed by atoms with Crippen molar-refractivity contribution >= 4 is 22.6 Å². The number of imidazole rings is 1. The van der Waals surface area contributed by atoms with E-state index in [1.807, 2.05) is 36.7 Å². The molecule has 0 saturated heterocycles. The SMILES string of the molecule is CC(=O)Nc1cccc2nc(C)n(C)c12. The molecule has 0 radical (unpaired) electrons. The van der Waals surface area contributed by atoms with Crippen LogP contribution in [0.3, 0.4) is 0 Å². The highest BCUT2D eigenvalue weighted by atomic mass is 16.1. The van der Waals surface area contributed by atoms with E-state index in [0.29, 0.717) is 0 Å². The maximum Gasteiger partial charge on any atom is 0.221 e. The van der Waals surface area contributed by atoms with Crippen LogP contribution in [0.4, 0.5) is 5.69 Å². The molecule has 0 saturated carbocycles. The van der Waals surface area contributed by atoms with E-state index in [2.05, 4.69) is 10.3 Å². The minimum absolute atomic E-state index is 0.0682. The number of nitrogens with zero attached hydrogens (tertiary/aromatic N) is 2. The van der Waals surface area contributed by atoms with E-state index in [-0.39, 0.29) is 5.91 Å². The molecule has 1 amide bonds. The van der Waals surface area contributed by atoms with Crippen molar-refractivity contribution in [3.63, 3.8) is 0 Å². The van der Waals surface area contributed by atoms with Gasteiger partial charge in [-0.1, -0.05) is 6.07 Å². The van der Waals surface area contributed by atoms with E-state index >= 15 is 0 Å². The van der Waals surface area contributed by atoms with Crippen LogP contribution in [0.25, 0.3) is 11.0 Å². The molecular weight excluding hydrogens is 190 g/mol. The van der Waals surface area contributed by atoms with Gasteiger partial charge in [0.1, 0.15) is 5.82 Å². The Morgan fingerprint density at radius 3 is 2.87 bits per heavy atom. The summed E-state index contributed by atoms with van der Waals surface area (Å²) in [5.74, 6) is 0.865. The van der Waals surface area contributed by atoms with E-state index in [1.54, 1.807) is 0 Å². The van der Waals surface area contributed by atoms with Crippen molar-refractivity contribution in [1.82, 2.24) is 9.55 Å². The maximum atomic E-state index is 11.0. The van der Waals surface area contributed by atoms with Gasteiger partial charge in [-0.3, -0.25) is 4.79 Å². The first-order valence-corrected chi connectivity index (χ1v) is 4.79. The predicted molar refractivity (Wildman–Crippen MR) is 59.8 cm³/mol. The average Bonchev–Trinajstić information content (AvgIpc) is 2.43. The van der Waals surface area contributed by atoms with Crippen molar-refractivity contribution in [2.75, 3.05) is 5.32 Å². The summed E-state index contributed by atoms with van der Waals surface area (Å²) in [6.07, 6.45) is 0. The summed E-state index contributed by atoms with van der Waals surface area (Å²) in [4.78, 5) is 15.4. The molecule has 0 atom stereocenters. The molecule has 0 aliphatic carbocycles. The number of aromatic nitrogens is 2. The fourth-order valence-electron chi connectivity index (χ4n) is 1.68. The Morgan fingerprint density at radius 1 is 1.47 bits per heavy atom. The van der Waals surface area contributed by atoms with Crippen LogP contribution in [0.1, 0.15) is 12.7 Å². The van der Waals surface area contributed by atoms with Crippen LogP contribution >= 0.6 is 0 Å². The second-order valence-corrected chi connectivity index (χ2v) is 3.57. The number of hydrogen-bond donors (Lipinski definition) is 1. The van der Waals surface area contributed by atoms with Crippen molar-refractivity contribution < 1.29 is 4.79 Å². The number of fused-ring (bicyclic) bond motifs is 1. The Kier molecular flexibility index (Phi) is 2.19. The van der Waals surface area contributed by atoms with Crippen molar-refractivity contribution in [3.8, 4) is 0 Å². The number of carbonyl (C=O) groups is 1. The highest BCUT2D eigenvalue weighted by Crippen LogP contribution is 2.23. The fraction of sp³-hybridized carbons (Fsp3) is 0.273. The van der Waals surface area contributed by atoms with Crippen molar-refractivity contribution in [3.05, 3.63) is 24.0 Å². The number of para-hydroxylation sites is 1. The lowest BCUT2D eigenvalue weighted by Crippen LogP contribution is -2.07. The molecule has 1 N–H and O–H groups in total. The number of rotatable bonds is 1. The lowest BCUT2D eigenvalue weighted by Gasteiger charge is -2.05. The lowest BCUT2D eigenvalue weighted by molar-refractivity contribution is -0.114. The number of anilines is 1.